The third kappa shape index (κ3) is 6.14. The van der Waals surface area contributed by atoms with Gasteiger partial charge in [-0.25, -0.2) is 13.8 Å². The second-order valence-corrected chi connectivity index (χ2v) is 18.9. The smallest absolute Gasteiger partial charge is 0.170 e. The van der Waals surface area contributed by atoms with Crippen LogP contribution in [0.5, 0.6) is 0 Å². The fourth-order valence-electron chi connectivity index (χ4n) is 4.07. The Morgan fingerprint density at radius 2 is 1.81 bits per heavy atom. The molecule has 0 aliphatic heterocycles. The zero-order chi connectivity index (χ0) is 27.1. The van der Waals surface area contributed by atoms with E-state index in [1.54, 1.807) is 12.1 Å². The molecule has 0 aliphatic carbocycles. The van der Waals surface area contributed by atoms with E-state index in [9.17, 15) is 8.94 Å². The van der Waals surface area contributed by atoms with Gasteiger partial charge in [-0.3, -0.25) is 0 Å². The predicted molar refractivity (Wildman–Crippen MR) is 152 cm³/mol. The molecule has 2 heterocycles. The average Bonchev–Trinajstić information content (AvgIpc) is 3.22. The first-order valence-electron chi connectivity index (χ1n) is 11.9. The number of aromatic nitrogens is 2. The monoisotopic (exact) mass is 605 g/mol. The lowest BCUT2D eigenvalue weighted by molar-refractivity contribution is 0.457. The van der Waals surface area contributed by atoms with E-state index >= 15 is 4.39 Å². The highest BCUT2D eigenvalue weighted by molar-refractivity contribution is 9.10. The van der Waals surface area contributed by atoms with Crippen molar-refractivity contribution in [1.29, 1.82) is 0 Å². The fraction of sp³-hybridized carbons (Fsp3) is 0.333. The van der Waals surface area contributed by atoms with Crippen molar-refractivity contribution in [2.75, 3.05) is 0 Å². The molecule has 0 spiro atoms. The quantitative estimate of drug-likeness (QED) is 0.142. The van der Waals surface area contributed by atoms with Crippen LogP contribution in [0, 0.1) is 11.6 Å². The SMILES string of the molecule is CC(C)(C)[S@+]([O-])NC(Cc1nc(Br)cc([Si](C)(C)C)c1F)c1ccccc1-c1noc2cc(F)ccc12. The van der Waals surface area contributed by atoms with Gasteiger partial charge in [0.05, 0.1) is 19.8 Å². The molecular weight excluding hydrogens is 576 g/mol. The molecule has 0 radical (unpaired) electrons. The Hall–Kier alpha value is -2.11. The minimum absolute atomic E-state index is 0.159. The molecule has 4 aromatic rings. The third-order valence-electron chi connectivity index (χ3n) is 6.03. The standard InChI is InChI=1S/C27H30BrF2N3O2SSi/c1-27(2,3)36(34)33-20(14-21-25(30)23(37(4,5)6)15-24(28)31-21)17-9-7-8-10-18(17)26-19-12-11-16(29)13-22(19)35-32-26/h7-13,15,20,33H,14H2,1-6H3/t20?,36-/m0/s1. The van der Waals surface area contributed by atoms with Crippen LogP contribution in [0.15, 0.2) is 57.7 Å². The third-order valence-corrected chi connectivity index (χ3v) is 10.0. The molecule has 0 bridgehead atoms. The van der Waals surface area contributed by atoms with Gasteiger partial charge in [-0.2, -0.15) is 0 Å². The molecule has 10 heteroatoms. The van der Waals surface area contributed by atoms with E-state index in [0.29, 0.717) is 26.5 Å². The first-order valence-corrected chi connectivity index (χ1v) is 17.4. The van der Waals surface area contributed by atoms with Crippen LogP contribution in [-0.4, -0.2) is 27.5 Å². The van der Waals surface area contributed by atoms with Gasteiger partial charge in [0.15, 0.2) is 5.58 Å². The van der Waals surface area contributed by atoms with Crippen molar-refractivity contribution in [2.24, 2.45) is 0 Å². The van der Waals surface area contributed by atoms with E-state index in [0.717, 1.165) is 11.1 Å². The summed E-state index contributed by atoms with van der Waals surface area (Å²) in [6, 6.07) is 13.0. The molecule has 196 valence electrons. The Balaban J connectivity index is 1.86. The van der Waals surface area contributed by atoms with Crippen LogP contribution >= 0.6 is 15.9 Å². The second-order valence-electron chi connectivity index (χ2n) is 11.0. The number of hydrogen-bond donors (Lipinski definition) is 1. The first-order chi connectivity index (χ1) is 17.3. The van der Waals surface area contributed by atoms with Crippen LogP contribution in [0.3, 0.4) is 0 Å². The number of nitrogens with zero attached hydrogens (tertiary/aromatic N) is 2. The maximum absolute atomic E-state index is 15.8. The van der Waals surface area contributed by atoms with Crippen molar-refractivity contribution < 1.29 is 17.9 Å². The topological polar surface area (TPSA) is 74.0 Å². The fourth-order valence-corrected chi connectivity index (χ4v) is 6.91. The van der Waals surface area contributed by atoms with Crippen LogP contribution in [0.25, 0.3) is 22.2 Å². The van der Waals surface area contributed by atoms with Crippen LogP contribution in [0.4, 0.5) is 8.78 Å². The molecule has 4 rings (SSSR count). The van der Waals surface area contributed by atoms with Gasteiger partial charge in [0.2, 0.25) is 0 Å². The van der Waals surface area contributed by atoms with E-state index < -0.39 is 36.0 Å². The summed E-state index contributed by atoms with van der Waals surface area (Å²) < 4.78 is 51.5. The summed E-state index contributed by atoms with van der Waals surface area (Å²) in [4.78, 5) is 4.48. The lowest BCUT2D eigenvalue weighted by Gasteiger charge is -2.29. The number of benzene rings is 2. The van der Waals surface area contributed by atoms with E-state index in [1.807, 2.05) is 45.0 Å². The van der Waals surface area contributed by atoms with Crippen molar-refractivity contribution in [1.82, 2.24) is 14.9 Å². The predicted octanol–water partition coefficient (Wildman–Crippen LogP) is 6.81. The molecule has 37 heavy (non-hydrogen) atoms. The van der Waals surface area contributed by atoms with E-state index in [4.69, 9.17) is 4.52 Å². The highest BCUT2D eigenvalue weighted by Crippen LogP contribution is 2.35. The highest BCUT2D eigenvalue weighted by Gasteiger charge is 2.33. The molecule has 2 atom stereocenters. The zero-order valence-corrected chi connectivity index (χ0v) is 25.1. The van der Waals surface area contributed by atoms with Gasteiger partial charge in [0.25, 0.3) is 0 Å². The van der Waals surface area contributed by atoms with Gasteiger partial charge < -0.3 is 9.08 Å². The molecule has 1 unspecified atom stereocenters. The second kappa shape index (κ2) is 10.6. The molecule has 0 fully saturated rings. The Morgan fingerprint density at radius 3 is 2.49 bits per heavy atom. The molecule has 0 aliphatic rings. The summed E-state index contributed by atoms with van der Waals surface area (Å²) >= 11 is 2.00. The highest BCUT2D eigenvalue weighted by atomic mass is 79.9. The molecule has 2 aromatic heterocycles. The molecule has 0 saturated carbocycles. The number of nitrogens with one attached hydrogen (secondary N) is 1. The number of pyridine rings is 1. The number of halogens is 3. The summed E-state index contributed by atoms with van der Waals surface area (Å²) in [5, 5.41) is 5.55. The number of rotatable bonds is 7. The van der Waals surface area contributed by atoms with Crippen molar-refractivity contribution in [3.05, 3.63) is 76.0 Å². The lowest BCUT2D eigenvalue weighted by Crippen LogP contribution is -2.43. The first kappa shape index (κ1) is 27.9. The number of hydrogen-bond acceptors (Lipinski definition) is 5. The van der Waals surface area contributed by atoms with Gasteiger partial charge >= 0.3 is 0 Å². The molecule has 0 amide bonds. The molecule has 5 nitrogen and oxygen atoms in total. The summed E-state index contributed by atoms with van der Waals surface area (Å²) in [5.41, 5.74) is 2.63. The Bertz CT molecular complexity index is 1440. The molecule has 1 N–H and O–H groups in total. The van der Waals surface area contributed by atoms with Gasteiger partial charge in [0, 0.05) is 34.8 Å². The molecular formula is C27H30BrF2N3O2SSi. The minimum atomic E-state index is -2.00. The van der Waals surface area contributed by atoms with Crippen LogP contribution in [-0.2, 0) is 17.8 Å². The van der Waals surface area contributed by atoms with Gasteiger partial charge in [-0.05, 0) is 65.7 Å². The summed E-state index contributed by atoms with van der Waals surface area (Å²) in [6.07, 6.45) is 0.159. The number of fused-ring (bicyclic) bond motifs is 1. The van der Waals surface area contributed by atoms with Crippen molar-refractivity contribution in [3.8, 4) is 11.3 Å². The Kier molecular flexibility index (Phi) is 7.97. The van der Waals surface area contributed by atoms with Gasteiger partial charge in [0.1, 0.15) is 26.7 Å². The van der Waals surface area contributed by atoms with Crippen LogP contribution in [0.1, 0.15) is 38.1 Å². The zero-order valence-electron chi connectivity index (χ0n) is 21.7. The van der Waals surface area contributed by atoms with Gasteiger partial charge in [-0.1, -0.05) is 49.1 Å². The van der Waals surface area contributed by atoms with E-state index in [1.165, 1.54) is 12.1 Å². The van der Waals surface area contributed by atoms with E-state index in [2.05, 4.69) is 50.4 Å². The molecule has 0 saturated heterocycles. The summed E-state index contributed by atoms with van der Waals surface area (Å²) in [7, 11) is -2.00. The van der Waals surface area contributed by atoms with Gasteiger partial charge in [-0.15, -0.1) is 4.72 Å². The Labute approximate surface area is 228 Å². The Morgan fingerprint density at radius 1 is 1.11 bits per heavy atom. The lowest BCUT2D eigenvalue weighted by atomic mass is 9.94. The maximum atomic E-state index is 15.8. The van der Waals surface area contributed by atoms with Crippen molar-refractivity contribution in [3.63, 3.8) is 0 Å². The van der Waals surface area contributed by atoms with Crippen molar-refractivity contribution >= 4 is 51.5 Å². The largest absolute Gasteiger partial charge is 0.598 e. The van der Waals surface area contributed by atoms with Crippen molar-refractivity contribution in [2.45, 2.75) is 57.6 Å². The average molecular weight is 607 g/mol. The van der Waals surface area contributed by atoms with Crippen LogP contribution < -0.4 is 9.91 Å². The maximum Gasteiger partial charge on any atom is 0.170 e. The minimum Gasteiger partial charge on any atom is -0.598 e. The summed E-state index contributed by atoms with van der Waals surface area (Å²) in [5.74, 6) is -0.742. The van der Waals surface area contributed by atoms with E-state index in [-0.39, 0.29) is 17.9 Å². The molecule has 2 aromatic carbocycles. The van der Waals surface area contributed by atoms with Crippen LogP contribution in [0.2, 0.25) is 19.6 Å². The summed E-state index contributed by atoms with van der Waals surface area (Å²) in [6.45, 7) is 11.9. The normalized spacial score (nSPS) is 14.2.